The predicted octanol–water partition coefficient (Wildman–Crippen LogP) is -2.57. The highest BCUT2D eigenvalue weighted by molar-refractivity contribution is 5.79. The molecule has 1 fully saturated rings. The van der Waals surface area contributed by atoms with Crippen LogP contribution in [0.1, 0.15) is 0 Å². The Labute approximate surface area is 82.0 Å². The van der Waals surface area contributed by atoms with Crippen LogP contribution < -0.4 is 11.1 Å². The van der Waals surface area contributed by atoms with E-state index in [1.165, 1.54) is 0 Å². The highest BCUT2D eigenvalue weighted by atomic mass is 16.5. The summed E-state index contributed by atoms with van der Waals surface area (Å²) in [7, 11) is 0. The smallest absolute Gasteiger partial charge is 0.227 e. The number of aliphatic hydroxyl groups is 2. The first-order chi connectivity index (χ1) is 6.65. The number of nitrogens with one attached hydrogen (secondary N) is 1. The van der Waals surface area contributed by atoms with Crippen LogP contribution >= 0.6 is 0 Å². The lowest BCUT2D eigenvalue weighted by atomic mass is 10.0. The van der Waals surface area contributed by atoms with Gasteiger partial charge in [0.25, 0.3) is 0 Å². The van der Waals surface area contributed by atoms with Gasteiger partial charge in [0, 0.05) is 12.6 Å². The largest absolute Gasteiger partial charge is 0.394 e. The van der Waals surface area contributed by atoms with Gasteiger partial charge >= 0.3 is 0 Å². The second-order valence-corrected chi connectivity index (χ2v) is 3.39. The average Bonchev–Trinajstić information content (AvgIpc) is 2.60. The lowest BCUT2D eigenvalue weighted by molar-refractivity contribution is -0.125. The van der Waals surface area contributed by atoms with E-state index >= 15 is 0 Å². The third kappa shape index (κ3) is 2.91. The molecule has 6 nitrogen and oxygen atoms in total. The normalized spacial score (nSPS) is 28.8. The standard InChI is InChI=1S/C8H16N2O4/c9-7-4-14-3-6(7)8(13)10-1-5(12)2-11/h5-7,11-12H,1-4,9H2,(H,10,13). The first kappa shape index (κ1) is 11.4. The zero-order valence-corrected chi connectivity index (χ0v) is 7.85. The monoisotopic (exact) mass is 204 g/mol. The van der Waals surface area contributed by atoms with Crippen molar-refractivity contribution in [1.29, 1.82) is 0 Å². The summed E-state index contributed by atoms with van der Waals surface area (Å²) in [6.45, 7) is 0.384. The van der Waals surface area contributed by atoms with Gasteiger partial charge in [-0.3, -0.25) is 4.79 Å². The highest BCUT2D eigenvalue weighted by Crippen LogP contribution is 2.11. The minimum Gasteiger partial charge on any atom is -0.394 e. The van der Waals surface area contributed by atoms with E-state index in [1.807, 2.05) is 0 Å². The Morgan fingerprint density at radius 2 is 2.36 bits per heavy atom. The third-order valence-electron chi connectivity index (χ3n) is 2.18. The zero-order chi connectivity index (χ0) is 10.6. The lowest BCUT2D eigenvalue weighted by Gasteiger charge is -2.14. The van der Waals surface area contributed by atoms with Gasteiger partial charge in [-0.25, -0.2) is 0 Å². The summed E-state index contributed by atoms with van der Waals surface area (Å²) in [4.78, 5) is 11.4. The van der Waals surface area contributed by atoms with E-state index in [-0.39, 0.29) is 31.0 Å². The molecular weight excluding hydrogens is 188 g/mol. The Morgan fingerprint density at radius 1 is 1.64 bits per heavy atom. The average molecular weight is 204 g/mol. The SMILES string of the molecule is NC1COCC1C(=O)NCC(O)CO. The molecule has 0 radical (unpaired) electrons. The number of carbonyl (C=O) groups excluding carboxylic acids is 1. The molecule has 1 heterocycles. The van der Waals surface area contributed by atoms with E-state index in [2.05, 4.69) is 5.32 Å². The molecule has 0 aromatic heterocycles. The minimum atomic E-state index is -0.919. The number of carbonyl (C=O) groups is 1. The summed E-state index contributed by atoms with van der Waals surface area (Å²) in [6.07, 6.45) is -0.919. The Balaban J connectivity index is 2.27. The number of hydrogen-bond acceptors (Lipinski definition) is 5. The number of rotatable bonds is 4. The molecule has 0 aromatic rings. The number of nitrogens with two attached hydrogens (primary N) is 1. The molecule has 6 heteroatoms. The molecule has 1 saturated heterocycles. The maximum Gasteiger partial charge on any atom is 0.227 e. The topological polar surface area (TPSA) is 105 Å². The molecule has 0 bridgehead atoms. The second kappa shape index (κ2) is 5.26. The number of ether oxygens (including phenoxy) is 1. The fourth-order valence-corrected chi connectivity index (χ4v) is 1.26. The summed E-state index contributed by atoms with van der Waals surface area (Å²) in [5, 5.41) is 20.0. The van der Waals surface area contributed by atoms with E-state index in [0.717, 1.165) is 0 Å². The van der Waals surface area contributed by atoms with Gasteiger partial charge in [-0.1, -0.05) is 0 Å². The van der Waals surface area contributed by atoms with Crippen molar-refractivity contribution >= 4 is 5.91 Å². The molecule has 3 atom stereocenters. The lowest BCUT2D eigenvalue weighted by Crippen LogP contribution is -2.43. The van der Waals surface area contributed by atoms with Crippen LogP contribution in [0.5, 0.6) is 0 Å². The Hall–Kier alpha value is -0.690. The minimum absolute atomic E-state index is 0.0402. The Morgan fingerprint density at radius 3 is 2.86 bits per heavy atom. The van der Waals surface area contributed by atoms with Crippen molar-refractivity contribution in [2.75, 3.05) is 26.4 Å². The van der Waals surface area contributed by atoms with Crippen LogP contribution in [0.4, 0.5) is 0 Å². The molecule has 0 saturated carbocycles. The first-order valence-corrected chi connectivity index (χ1v) is 4.55. The molecule has 0 aromatic carbocycles. The summed E-state index contributed by atoms with van der Waals surface area (Å²) in [5.41, 5.74) is 5.62. The van der Waals surface area contributed by atoms with Crippen molar-refractivity contribution in [3.8, 4) is 0 Å². The quantitative estimate of drug-likeness (QED) is 0.403. The van der Waals surface area contributed by atoms with Crippen LogP contribution in [0.2, 0.25) is 0 Å². The van der Waals surface area contributed by atoms with Gasteiger partial charge in [-0.15, -0.1) is 0 Å². The van der Waals surface area contributed by atoms with Crippen molar-refractivity contribution in [1.82, 2.24) is 5.32 Å². The number of aliphatic hydroxyl groups excluding tert-OH is 2. The maximum absolute atomic E-state index is 11.4. The molecule has 1 aliphatic heterocycles. The molecule has 5 N–H and O–H groups in total. The molecule has 0 spiro atoms. The van der Waals surface area contributed by atoms with Crippen LogP contribution in [-0.4, -0.2) is 54.6 Å². The molecule has 0 aliphatic carbocycles. The van der Waals surface area contributed by atoms with E-state index < -0.39 is 6.10 Å². The highest BCUT2D eigenvalue weighted by Gasteiger charge is 2.31. The molecule has 1 rings (SSSR count). The van der Waals surface area contributed by atoms with Gasteiger partial charge in [0.05, 0.1) is 31.8 Å². The molecule has 1 aliphatic rings. The van der Waals surface area contributed by atoms with Crippen LogP contribution in [-0.2, 0) is 9.53 Å². The van der Waals surface area contributed by atoms with Crippen LogP contribution in [0.25, 0.3) is 0 Å². The van der Waals surface area contributed by atoms with Crippen LogP contribution in [0, 0.1) is 5.92 Å². The number of amides is 1. The summed E-state index contributed by atoms with van der Waals surface area (Å²) < 4.78 is 5.03. The molecule has 82 valence electrons. The van der Waals surface area contributed by atoms with Gasteiger partial charge in [-0.2, -0.15) is 0 Å². The van der Waals surface area contributed by atoms with Crippen molar-refractivity contribution in [2.45, 2.75) is 12.1 Å². The van der Waals surface area contributed by atoms with Gasteiger partial charge in [0.2, 0.25) is 5.91 Å². The third-order valence-corrected chi connectivity index (χ3v) is 2.18. The number of hydrogen-bond donors (Lipinski definition) is 4. The predicted molar refractivity (Wildman–Crippen MR) is 48.4 cm³/mol. The molecular formula is C8H16N2O4. The zero-order valence-electron chi connectivity index (χ0n) is 7.85. The van der Waals surface area contributed by atoms with Crippen molar-refractivity contribution < 1.29 is 19.7 Å². The Kier molecular flexibility index (Phi) is 4.27. The van der Waals surface area contributed by atoms with Crippen LogP contribution in [0.15, 0.2) is 0 Å². The molecule has 14 heavy (non-hydrogen) atoms. The van der Waals surface area contributed by atoms with E-state index in [4.69, 9.17) is 20.7 Å². The molecule has 3 unspecified atom stereocenters. The van der Waals surface area contributed by atoms with Crippen LogP contribution in [0.3, 0.4) is 0 Å². The van der Waals surface area contributed by atoms with E-state index in [0.29, 0.717) is 13.2 Å². The van der Waals surface area contributed by atoms with E-state index in [9.17, 15) is 4.79 Å². The van der Waals surface area contributed by atoms with Crippen molar-refractivity contribution in [3.05, 3.63) is 0 Å². The molecule has 1 amide bonds. The summed E-state index contributed by atoms with van der Waals surface area (Å²) in [6, 6.07) is -0.277. The van der Waals surface area contributed by atoms with Gasteiger partial charge in [0.15, 0.2) is 0 Å². The van der Waals surface area contributed by atoms with Gasteiger partial charge < -0.3 is 26.0 Å². The first-order valence-electron chi connectivity index (χ1n) is 4.55. The summed E-state index contributed by atoms with van der Waals surface area (Å²) in [5.74, 6) is -0.580. The van der Waals surface area contributed by atoms with Crippen molar-refractivity contribution in [3.63, 3.8) is 0 Å². The second-order valence-electron chi connectivity index (χ2n) is 3.39. The fourth-order valence-electron chi connectivity index (χ4n) is 1.26. The Bertz CT molecular complexity index is 200. The summed E-state index contributed by atoms with van der Waals surface area (Å²) >= 11 is 0. The maximum atomic E-state index is 11.4. The van der Waals surface area contributed by atoms with Crippen molar-refractivity contribution in [2.24, 2.45) is 11.7 Å². The van der Waals surface area contributed by atoms with Gasteiger partial charge in [0.1, 0.15) is 0 Å². The van der Waals surface area contributed by atoms with E-state index in [1.54, 1.807) is 0 Å². The fraction of sp³-hybridized carbons (Fsp3) is 0.875. The van der Waals surface area contributed by atoms with Gasteiger partial charge in [-0.05, 0) is 0 Å².